The minimum Gasteiger partial charge on any atom is -0.394 e. The Hall–Kier alpha value is -0.870. The van der Waals surface area contributed by atoms with E-state index in [0.29, 0.717) is 26.1 Å². The van der Waals surface area contributed by atoms with Crippen molar-refractivity contribution in [2.45, 2.75) is 32.2 Å². The van der Waals surface area contributed by atoms with Crippen LogP contribution in [-0.4, -0.2) is 36.4 Å². The lowest BCUT2D eigenvalue weighted by Crippen LogP contribution is -2.54. The summed E-state index contributed by atoms with van der Waals surface area (Å²) in [7, 11) is 0. The molecule has 0 spiro atoms. The molecule has 0 radical (unpaired) electrons. The molecule has 0 aromatic rings. The van der Waals surface area contributed by atoms with Crippen molar-refractivity contribution in [3.8, 4) is 0 Å². The molecule has 86 valence electrons. The number of aliphatic hydroxyl groups excluding tert-OH is 1. The molecule has 1 rings (SSSR count). The smallest absolute Gasteiger partial charge is 0.244 e. The molecule has 15 heavy (non-hydrogen) atoms. The second kappa shape index (κ2) is 5.28. The molecule has 0 bridgehead atoms. The highest BCUT2D eigenvalue weighted by Crippen LogP contribution is 2.19. The van der Waals surface area contributed by atoms with E-state index in [1.54, 1.807) is 6.08 Å². The Balaban J connectivity index is 2.59. The number of hydrogen-bond acceptors (Lipinski definition) is 3. The van der Waals surface area contributed by atoms with Crippen LogP contribution in [0.15, 0.2) is 11.6 Å². The van der Waals surface area contributed by atoms with Crippen molar-refractivity contribution < 1.29 is 14.6 Å². The molecule has 0 saturated carbocycles. The van der Waals surface area contributed by atoms with Gasteiger partial charge in [-0.05, 0) is 26.7 Å². The van der Waals surface area contributed by atoms with Gasteiger partial charge in [0.1, 0.15) is 0 Å². The summed E-state index contributed by atoms with van der Waals surface area (Å²) in [4.78, 5) is 11.5. The van der Waals surface area contributed by atoms with Crippen LogP contribution in [0.1, 0.15) is 26.7 Å². The highest BCUT2D eigenvalue weighted by Gasteiger charge is 2.32. The Kier molecular flexibility index (Phi) is 4.29. The summed E-state index contributed by atoms with van der Waals surface area (Å²) >= 11 is 0. The molecule has 1 aliphatic rings. The first-order chi connectivity index (χ1) is 7.08. The minimum atomic E-state index is -0.485. The number of carbonyl (C=O) groups excluding carboxylic acids is 1. The molecule has 4 nitrogen and oxygen atoms in total. The Bertz CT molecular complexity index is 251. The van der Waals surface area contributed by atoms with E-state index in [9.17, 15) is 9.90 Å². The predicted molar refractivity (Wildman–Crippen MR) is 57.4 cm³/mol. The molecule has 0 aromatic heterocycles. The van der Waals surface area contributed by atoms with Gasteiger partial charge in [0.15, 0.2) is 0 Å². The first-order valence-electron chi connectivity index (χ1n) is 5.24. The second-order valence-corrected chi connectivity index (χ2v) is 4.26. The highest BCUT2D eigenvalue weighted by molar-refractivity contribution is 5.88. The van der Waals surface area contributed by atoms with Crippen LogP contribution in [0, 0.1) is 0 Å². The maximum Gasteiger partial charge on any atom is 0.244 e. The van der Waals surface area contributed by atoms with Gasteiger partial charge in [-0.25, -0.2) is 0 Å². The van der Waals surface area contributed by atoms with Crippen molar-refractivity contribution in [3.05, 3.63) is 11.6 Å². The summed E-state index contributed by atoms with van der Waals surface area (Å²) in [5, 5.41) is 12.2. The molecule has 1 amide bonds. The molecule has 0 aromatic carbocycles. The summed E-state index contributed by atoms with van der Waals surface area (Å²) in [5.41, 5.74) is 0.467. The standard InChI is InChI=1S/C11H19NO3/c1-9(2)7-10(14)12-11(8-13)3-5-15-6-4-11/h7,13H,3-6,8H2,1-2H3,(H,12,14). The van der Waals surface area contributed by atoms with Crippen LogP contribution in [0.25, 0.3) is 0 Å². The maximum absolute atomic E-state index is 11.5. The van der Waals surface area contributed by atoms with Gasteiger partial charge in [0.25, 0.3) is 0 Å². The SMILES string of the molecule is CC(C)=CC(=O)NC1(CO)CCOCC1. The number of aliphatic hydroxyl groups is 1. The molecule has 1 aliphatic heterocycles. The van der Waals surface area contributed by atoms with Crippen LogP contribution in [0.5, 0.6) is 0 Å². The van der Waals surface area contributed by atoms with E-state index in [2.05, 4.69) is 5.32 Å². The number of carbonyl (C=O) groups is 1. The van der Waals surface area contributed by atoms with Gasteiger partial charge in [-0.2, -0.15) is 0 Å². The first-order valence-corrected chi connectivity index (χ1v) is 5.24. The average molecular weight is 213 g/mol. The van der Waals surface area contributed by atoms with Gasteiger partial charge in [-0.15, -0.1) is 0 Å². The van der Waals surface area contributed by atoms with Crippen LogP contribution in [0.4, 0.5) is 0 Å². The van der Waals surface area contributed by atoms with E-state index in [1.807, 2.05) is 13.8 Å². The zero-order valence-electron chi connectivity index (χ0n) is 9.38. The normalized spacial score (nSPS) is 19.4. The third-order valence-corrected chi connectivity index (χ3v) is 2.56. The summed E-state index contributed by atoms with van der Waals surface area (Å²) in [6.07, 6.45) is 2.89. The van der Waals surface area contributed by atoms with Crippen LogP contribution in [-0.2, 0) is 9.53 Å². The minimum absolute atomic E-state index is 0.0291. The largest absolute Gasteiger partial charge is 0.394 e. The van der Waals surface area contributed by atoms with Gasteiger partial charge in [-0.1, -0.05) is 5.57 Å². The highest BCUT2D eigenvalue weighted by atomic mass is 16.5. The van der Waals surface area contributed by atoms with Crippen molar-refractivity contribution in [3.63, 3.8) is 0 Å². The zero-order valence-corrected chi connectivity index (χ0v) is 9.38. The molecule has 0 aliphatic carbocycles. The van der Waals surface area contributed by atoms with E-state index in [4.69, 9.17) is 4.74 Å². The predicted octanol–water partition coefficient (Wildman–Crippen LogP) is 0.610. The topological polar surface area (TPSA) is 58.6 Å². The molecule has 1 saturated heterocycles. The summed E-state index contributed by atoms with van der Waals surface area (Å²) in [6.45, 7) is 4.90. The lowest BCUT2D eigenvalue weighted by Gasteiger charge is -2.36. The van der Waals surface area contributed by atoms with Gasteiger partial charge in [0.05, 0.1) is 12.1 Å². The van der Waals surface area contributed by atoms with Crippen LogP contribution < -0.4 is 5.32 Å². The lowest BCUT2D eigenvalue weighted by molar-refractivity contribution is -0.120. The fourth-order valence-electron chi connectivity index (χ4n) is 1.64. The molecular weight excluding hydrogens is 194 g/mol. The average Bonchev–Trinajstić information content (AvgIpc) is 2.17. The molecule has 1 fully saturated rings. The van der Waals surface area contributed by atoms with Gasteiger partial charge in [0.2, 0.25) is 5.91 Å². The summed E-state index contributed by atoms with van der Waals surface area (Å²) in [6, 6.07) is 0. The van der Waals surface area contributed by atoms with Gasteiger partial charge in [0, 0.05) is 19.3 Å². The monoisotopic (exact) mass is 213 g/mol. The van der Waals surface area contributed by atoms with E-state index >= 15 is 0 Å². The number of nitrogens with one attached hydrogen (secondary N) is 1. The lowest BCUT2D eigenvalue weighted by atomic mass is 9.91. The Labute approximate surface area is 90.3 Å². The summed E-state index contributed by atoms with van der Waals surface area (Å²) in [5.74, 6) is -0.133. The van der Waals surface area contributed by atoms with Crippen LogP contribution in [0.2, 0.25) is 0 Å². The van der Waals surface area contributed by atoms with Crippen molar-refractivity contribution in [1.82, 2.24) is 5.32 Å². The maximum atomic E-state index is 11.5. The van der Waals surface area contributed by atoms with Crippen LogP contribution in [0.3, 0.4) is 0 Å². The van der Waals surface area contributed by atoms with E-state index in [-0.39, 0.29) is 12.5 Å². The Morgan fingerprint density at radius 1 is 1.47 bits per heavy atom. The van der Waals surface area contributed by atoms with Gasteiger partial charge >= 0.3 is 0 Å². The third-order valence-electron chi connectivity index (χ3n) is 2.56. The second-order valence-electron chi connectivity index (χ2n) is 4.26. The number of hydrogen-bond donors (Lipinski definition) is 2. The van der Waals surface area contributed by atoms with Crippen molar-refractivity contribution >= 4 is 5.91 Å². The number of ether oxygens (including phenoxy) is 1. The molecule has 1 heterocycles. The quantitative estimate of drug-likeness (QED) is 0.675. The number of rotatable bonds is 3. The van der Waals surface area contributed by atoms with Gasteiger partial charge < -0.3 is 15.2 Å². The molecule has 0 atom stereocenters. The van der Waals surface area contributed by atoms with E-state index in [0.717, 1.165) is 5.57 Å². The Morgan fingerprint density at radius 3 is 2.53 bits per heavy atom. The first kappa shape index (κ1) is 12.2. The molecule has 4 heteroatoms. The molecule has 0 unspecified atom stereocenters. The van der Waals surface area contributed by atoms with E-state index < -0.39 is 5.54 Å². The molecular formula is C11H19NO3. The molecule has 2 N–H and O–H groups in total. The number of allylic oxidation sites excluding steroid dienone is 1. The Morgan fingerprint density at radius 2 is 2.07 bits per heavy atom. The van der Waals surface area contributed by atoms with Crippen LogP contribution >= 0.6 is 0 Å². The summed E-state index contributed by atoms with van der Waals surface area (Å²) < 4.78 is 5.21. The van der Waals surface area contributed by atoms with Crippen molar-refractivity contribution in [2.24, 2.45) is 0 Å². The van der Waals surface area contributed by atoms with Gasteiger partial charge in [-0.3, -0.25) is 4.79 Å². The van der Waals surface area contributed by atoms with Crippen molar-refractivity contribution in [1.29, 1.82) is 0 Å². The fourth-order valence-corrected chi connectivity index (χ4v) is 1.64. The zero-order chi connectivity index (χ0) is 11.3. The third kappa shape index (κ3) is 3.64. The van der Waals surface area contributed by atoms with E-state index in [1.165, 1.54) is 0 Å². The number of amides is 1. The fraction of sp³-hybridized carbons (Fsp3) is 0.727. The van der Waals surface area contributed by atoms with Crippen molar-refractivity contribution in [2.75, 3.05) is 19.8 Å².